The van der Waals surface area contributed by atoms with E-state index in [1.165, 1.54) is 0 Å². The summed E-state index contributed by atoms with van der Waals surface area (Å²) in [6.07, 6.45) is 3.54. The summed E-state index contributed by atoms with van der Waals surface area (Å²) in [5.74, 6) is 1.41. The van der Waals surface area contributed by atoms with Crippen molar-refractivity contribution in [3.63, 3.8) is 0 Å². The molecule has 2 atom stereocenters. The number of benzene rings is 1. The molecule has 2 unspecified atom stereocenters. The third kappa shape index (κ3) is 4.62. The van der Waals surface area contributed by atoms with E-state index in [1.807, 2.05) is 29.2 Å². The van der Waals surface area contributed by atoms with E-state index in [0.29, 0.717) is 24.0 Å². The summed E-state index contributed by atoms with van der Waals surface area (Å²) in [6.45, 7) is 5.44. The number of carbonyl (C=O) groups excluding carboxylic acids is 1. The van der Waals surface area contributed by atoms with E-state index in [1.54, 1.807) is 4.68 Å². The molecule has 1 amide bonds. The fraction of sp³-hybridized carbons (Fsp3) is 0.526. The second-order valence-corrected chi connectivity index (χ2v) is 7.39. The van der Waals surface area contributed by atoms with Crippen LogP contribution in [0.2, 0.25) is 5.02 Å². The number of aromatic nitrogens is 3. The summed E-state index contributed by atoms with van der Waals surface area (Å²) in [5.41, 5.74) is 6.65. The van der Waals surface area contributed by atoms with Crippen molar-refractivity contribution in [3.8, 4) is 5.69 Å². The predicted molar refractivity (Wildman–Crippen MR) is 110 cm³/mol. The van der Waals surface area contributed by atoms with Crippen LogP contribution >= 0.6 is 24.0 Å². The number of nitrogens with two attached hydrogens (primary N) is 1. The van der Waals surface area contributed by atoms with Gasteiger partial charge in [-0.3, -0.25) is 4.79 Å². The summed E-state index contributed by atoms with van der Waals surface area (Å²) < 4.78 is 1.70. The number of amides is 1. The van der Waals surface area contributed by atoms with Crippen molar-refractivity contribution >= 4 is 29.9 Å². The average Bonchev–Trinajstić information content (AvgIpc) is 3.05. The predicted octanol–water partition coefficient (Wildman–Crippen LogP) is 3.49. The Labute approximate surface area is 171 Å². The van der Waals surface area contributed by atoms with Gasteiger partial charge in [0.05, 0.1) is 10.7 Å². The normalized spacial score (nSPS) is 19.6. The lowest BCUT2D eigenvalue weighted by molar-refractivity contribution is 0.0561. The molecule has 1 fully saturated rings. The zero-order chi connectivity index (χ0) is 18.7. The first kappa shape index (κ1) is 21.7. The summed E-state index contributed by atoms with van der Waals surface area (Å²) >= 11 is 6.33. The second kappa shape index (κ2) is 9.53. The molecule has 2 aromatic rings. The highest BCUT2D eigenvalue weighted by atomic mass is 35.5. The van der Waals surface area contributed by atoms with Crippen LogP contribution < -0.4 is 5.73 Å². The zero-order valence-corrected chi connectivity index (χ0v) is 17.3. The minimum absolute atomic E-state index is 0. The summed E-state index contributed by atoms with van der Waals surface area (Å²) in [4.78, 5) is 19.4. The Morgan fingerprint density at radius 3 is 2.78 bits per heavy atom. The van der Waals surface area contributed by atoms with E-state index < -0.39 is 0 Å². The van der Waals surface area contributed by atoms with Crippen molar-refractivity contribution in [2.45, 2.75) is 45.6 Å². The lowest BCUT2D eigenvalue weighted by Gasteiger charge is -2.37. The number of rotatable bonds is 5. The Morgan fingerprint density at radius 2 is 2.11 bits per heavy atom. The highest BCUT2D eigenvalue weighted by molar-refractivity contribution is 6.32. The quantitative estimate of drug-likeness (QED) is 0.816. The van der Waals surface area contributed by atoms with Crippen molar-refractivity contribution in [2.24, 2.45) is 11.7 Å². The van der Waals surface area contributed by atoms with Gasteiger partial charge in [0, 0.05) is 25.6 Å². The molecule has 1 saturated heterocycles. The first-order valence-corrected chi connectivity index (χ1v) is 9.64. The van der Waals surface area contributed by atoms with E-state index in [0.717, 1.165) is 37.2 Å². The van der Waals surface area contributed by atoms with Gasteiger partial charge in [-0.2, -0.15) is 0 Å². The minimum atomic E-state index is -0.143. The van der Waals surface area contributed by atoms with E-state index in [4.69, 9.17) is 17.3 Å². The standard InChI is InChI=1S/C19H26ClN5O.ClH/c1-3-6-17-22-18(23-25(17)16-8-5-4-7-15(16)20)19(26)24-10-9-13(2)11-14(24)12-21;/h4-5,7-8,13-14H,3,6,9-12,21H2,1-2H3;1H. The first-order chi connectivity index (χ1) is 12.5. The van der Waals surface area contributed by atoms with E-state index in [9.17, 15) is 4.79 Å². The maximum atomic E-state index is 13.1. The Kier molecular flexibility index (Phi) is 7.65. The molecule has 0 bridgehead atoms. The van der Waals surface area contributed by atoms with Crippen LogP contribution in [0, 0.1) is 5.92 Å². The summed E-state index contributed by atoms with van der Waals surface area (Å²) in [7, 11) is 0. The lowest BCUT2D eigenvalue weighted by Crippen LogP contribution is -2.49. The minimum Gasteiger partial charge on any atom is -0.332 e. The smallest absolute Gasteiger partial charge is 0.293 e. The molecular formula is C19H27Cl2N5O. The first-order valence-electron chi connectivity index (χ1n) is 9.27. The van der Waals surface area contributed by atoms with Gasteiger partial charge in [0.1, 0.15) is 5.82 Å². The van der Waals surface area contributed by atoms with Gasteiger partial charge in [-0.05, 0) is 37.3 Å². The number of nitrogens with zero attached hydrogens (tertiary/aromatic N) is 4. The van der Waals surface area contributed by atoms with Crippen molar-refractivity contribution in [3.05, 3.63) is 40.9 Å². The van der Waals surface area contributed by atoms with Gasteiger partial charge >= 0.3 is 0 Å². The number of likely N-dealkylation sites (tertiary alicyclic amines) is 1. The Hall–Kier alpha value is -1.63. The molecule has 8 heteroatoms. The molecule has 0 saturated carbocycles. The highest BCUT2D eigenvalue weighted by Crippen LogP contribution is 2.25. The molecule has 1 aliphatic heterocycles. The molecule has 0 aliphatic carbocycles. The molecule has 27 heavy (non-hydrogen) atoms. The molecule has 0 spiro atoms. The fourth-order valence-electron chi connectivity index (χ4n) is 3.51. The maximum Gasteiger partial charge on any atom is 0.293 e. The van der Waals surface area contributed by atoms with Crippen LogP contribution in [0.1, 0.15) is 49.6 Å². The number of piperidine rings is 1. The van der Waals surface area contributed by atoms with Gasteiger partial charge in [-0.25, -0.2) is 9.67 Å². The number of hydrogen-bond donors (Lipinski definition) is 1. The molecule has 3 rings (SSSR count). The fourth-order valence-corrected chi connectivity index (χ4v) is 3.72. The highest BCUT2D eigenvalue weighted by Gasteiger charge is 2.32. The molecular weight excluding hydrogens is 385 g/mol. The van der Waals surface area contributed by atoms with Crippen LogP contribution in [-0.2, 0) is 6.42 Å². The summed E-state index contributed by atoms with van der Waals surface area (Å²) in [5, 5.41) is 5.10. The molecule has 2 N–H and O–H groups in total. The van der Waals surface area contributed by atoms with E-state index >= 15 is 0 Å². The van der Waals surface area contributed by atoms with Gasteiger partial charge in [0.15, 0.2) is 0 Å². The van der Waals surface area contributed by atoms with Gasteiger partial charge < -0.3 is 10.6 Å². The molecule has 1 aromatic carbocycles. The lowest BCUT2D eigenvalue weighted by atomic mass is 9.92. The number of para-hydroxylation sites is 1. The topological polar surface area (TPSA) is 77.0 Å². The molecule has 0 radical (unpaired) electrons. The van der Waals surface area contributed by atoms with Crippen molar-refractivity contribution in [1.29, 1.82) is 0 Å². The molecule has 148 valence electrons. The van der Waals surface area contributed by atoms with Crippen LogP contribution in [0.25, 0.3) is 5.69 Å². The van der Waals surface area contributed by atoms with Gasteiger partial charge in [-0.1, -0.05) is 37.6 Å². The average molecular weight is 412 g/mol. The molecule has 6 nitrogen and oxygen atoms in total. The van der Waals surface area contributed by atoms with Crippen LogP contribution in [0.3, 0.4) is 0 Å². The van der Waals surface area contributed by atoms with Gasteiger partial charge in [0.2, 0.25) is 5.82 Å². The zero-order valence-electron chi connectivity index (χ0n) is 15.8. The molecule has 1 aromatic heterocycles. The molecule has 1 aliphatic rings. The van der Waals surface area contributed by atoms with Crippen LogP contribution in [0.5, 0.6) is 0 Å². The molecule has 2 heterocycles. The Bertz CT molecular complexity index is 779. The third-order valence-electron chi connectivity index (χ3n) is 4.93. The van der Waals surface area contributed by atoms with Crippen LogP contribution in [0.4, 0.5) is 0 Å². The number of halogens is 2. The van der Waals surface area contributed by atoms with Crippen LogP contribution in [0.15, 0.2) is 24.3 Å². The second-order valence-electron chi connectivity index (χ2n) is 6.98. The number of hydrogen-bond acceptors (Lipinski definition) is 4. The SMILES string of the molecule is CCCc1nc(C(=O)N2CCC(C)CC2CN)nn1-c1ccccc1Cl.Cl. The van der Waals surface area contributed by atoms with Crippen molar-refractivity contribution in [2.75, 3.05) is 13.1 Å². The number of carbonyl (C=O) groups is 1. The van der Waals surface area contributed by atoms with Crippen molar-refractivity contribution < 1.29 is 4.79 Å². The monoisotopic (exact) mass is 411 g/mol. The number of aryl methyl sites for hydroxylation is 1. The van der Waals surface area contributed by atoms with E-state index in [-0.39, 0.29) is 30.2 Å². The largest absolute Gasteiger partial charge is 0.332 e. The maximum absolute atomic E-state index is 13.1. The Morgan fingerprint density at radius 1 is 1.37 bits per heavy atom. The van der Waals surface area contributed by atoms with Crippen molar-refractivity contribution in [1.82, 2.24) is 19.7 Å². The van der Waals surface area contributed by atoms with Gasteiger partial charge in [0.25, 0.3) is 5.91 Å². The van der Waals surface area contributed by atoms with Crippen LogP contribution in [-0.4, -0.2) is 44.7 Å². The Balaban J connectivity index is 0.00000261. The summed E-state index contributed by atoms with van der Waals surface area (Å²) in [6, 6.07) is 7.52. The van der Waals surface area contributed by atoms with E-state index in [2.05, 4.69) is 23.9 Å². The third-order valence-corrected chi connectivity index (χ3v) is 5.25. The van der Waals surface area contributed by atoms with Gasteiger partial charge in [-0.15, -0.1) is 17.5 Å².